The van der Waals surface area contributed by atoms with E-state index in [4.69, 9.17) is 0 Å². The van der Waals surface area contributed by atoms with Gasteiger partial charge in [0.15, 0.2) is 11.6 Å². The lowest BCUT2D eigenvalue weighted by Crippen LogP contribution is -2.28. The smallest absolute Gasteiger partial charge is 0.251 e. The molecule has 1 aromatic heterocycles. The highest BCUT2D eigenvalue weighted by atomic mass is 19.2. The van der Waals surface area contributed by atoms with Gasteiger partial charge in [0.05, 0.1) is 12.2 Å². The average Bonchev–Trinajstić information content (AvgIpc) is 2.69. The van der Waals surface area contributed by atoms with Crippen LogP contribution in [0, 0.1) is 32.4 Å². The number of rotatable bonds is 4. The minimum absolute atomic E-state index is 0.0958. The van der Waals surface area contributed by atoms with Gasteiger partial charge in [-0.25, -0.2) is 8.78 Å². The van der Waals surface area contributed by atoms with Crippen molar-refractivity contribution in [1.82, 2.24) is 15.1 Å². The van der Waals surface area contributed by atoms with Gasteiger partial charge in [0.1, 0.15) is 0 Å². The van der Waals surface area contributed by atoms with Crippen LogP contribution >= 0.6 is 0 Å². The molecule has 2 rings (SSSR count). The summed E-state index contributed by atoms with van der Waals surface area (Å²) in [5.74, 6) is -2.44. The largest absolute Gasteiger partial charge is 0.350 e. The molecule has 0 spiro atoms. The van der Waals surface area contributed by atoms with Crippen LogP contribution in [0.1, 0.15) is 27.3 Å². The van der Waals surface area contributed by atoms with Crippen LogP contribution in [0.3, 0.4) is 0 Å². The molecule has 4 nitrogen and oxygen atoms in total. The van der Waals surface area contributed by atoms with Crippen LogP contribution in [0.4, 0.5) is 8.78 Å². The van der Waals surface area contributed by atoms with Gasteiger partial charge in [0.25, 0.3) is 5.91 Å². The number of amides is 1. The van der Waals surface area contributed by atoms with Gasteiger partial charge in [0.2, 0.25) is 0 Å². The van der Waals surface area contributed by atoms with E-state index < -0.39 is 17.5 Å². The van der Waals surface area contributed by atoms with Gasteiger partial charge in [-0.2, -0.15) is 5.10 Å². The summed E-state index contributed by atoms with van der Waals surface area (Å²) in [6, 6.07) is 3.08. The van der Waals surface area contributed by atoms with Gasteiger partial charge in [0, 0.05) is 17.8 Å². The topological polar surface area (TPSA) is 46.9 Å². The molecule has 0 saturated carbocycles. The van der Waals surface area contributed by atoms with Crippen molar-refractivity contribution < 1.29 is 13.6 Å². The van der Waals surface area contributed by atoms with Crippen LogP contribution < -0.4 is 5.32 Å². The summed E-state index contributed by atoms with van der Waals surface area (Å²) in [4.78, 5) is 11.8. The molecule has 0 atom stereocenters. The zero-order chi connectivity index (χ0) is 15.6. The Bertz CT molecular complexity index is 680. The molecule has 6 heteroatoms. The molecule has 1 aromatic carbocycles. The van der Waals surface area contributed by atoms with E-state index in [9.17, 15) is 13.6 Å². The number of halogens is 2. The summed E-state index contributed by atoms with van der Waals surface area (Å²) in [5.41, 5.74) is 3.23. The molecule has 1 N–H and O–H groups in total. The number of hydrogen-bond donors (Lipinski definition) is 1. The van der Waals surface area contributed by atoms with E-state index in [0.29, 0.717) is 13.1 Å². The third-order valence-corrected chi connectivity index (χ3v) is 3.53. The molecule has 0 aliphatic rings. The molecule has 0 aliphatic carbocycles. The van der Waals surface area contributed by atoms with Crippen LogP contribution in [0.5, 0.6) is 0 Å². The molecular formula is C15H17F2N3O. The van der Waals surface area contributed by atoms with Gasteiger partial charge in [-0.1, -0.05) is 0 Å². The highest BCUT2D eigenvalue weighted by Gasteiger charge is 2.10. The van der Waals surface area contributed by atoms with Crippen molar-refractivity contribution in [3.05, 3.63) is 52.3 Å². The number of hydrogen-bond acceptors (Lipinski definition) is 2. The molecule has 21 heavy (non-hydrogen) atoms. The van der Waals surface area contributed by atoms with Crippen molar-refractivity contribution >= 4 is 5.91 Å². The summed E-state index contributed by atoms with van der Waals surface area (Å²) in [6.45, 7) is 6.77. The first-order valence-corrected chi connectivity index (χ1v) is 6.64. The fraction of sp³-hybridized carbons (Fsp3) is 0.333. The van der Waals surface area contributed by atoms with Crippen molar-refractivity contribution in [2.75, 3.05) is 6.54 Å². The van der Waals surface area contributed by atoms with Crippen molar-refractivity contribution in [1.29, 1.82) is 0 Å². The number of aryl methyl sites for hydroxylation is 1. The molecule has 112 valence electrons. The quantitative estimate of drug-likeness (QED) is 0.941. The van der Waals surface area contributed by atoms with E-state index in [-0.39, 0.29) is 5.56 Å². The highest BCUT2D eigenvalue weighted by molar-refractivity contribution is 5.94. The number of nitrogens with zero attached hydrogens (tertiary/aromatic N) is 2. The monoisotopic (exact) mass is 293 g/mol. The van der Waals surface area contributed by atoms with Crippen LogP contribution in [-0.2, 0) is 6.54 Å². The summed E-state index contributed by atoms with van der Waals surface area (Å²) < 4.78 is 27.7. The number of carbonyl (C=O) groups excluding carboxylic acids is 1. The van der Waals surface area contributed by atoms with Gasteiger partial charge in [-0.05, 0) is 44.5 Å². The fourth-order valence-corrected chi connectivity index (χ4v) is 2.02. The number of carbonyl (C=O) groups is 1. The lowest BCUT2D eigenvalue weighted by molar-refractivity contribution is 0.0951. The van der Waals surface area contributed by atoms with Crippen LogP contribution in [0.25, 0.3) is 0 Å². The molecule has 0 radical (unpaired) electrons. The summed E-state index contributed by atoms with van der Waals surface area (Å²) >= 11 is 0. The van der Waals surface area contributed by atoms with Crippen molar-refractivity contribution in [3.63, 3.8) is 0 Å². The molecule has 0 unspecified atom stereocenters. The lowest BCUT2D eigenvalue weighted by atomic mass is 10.2. The lowest BCUT2D eigenvalue weighted by Gasteiger charge is -2.07. The van der Waals surface area contributed by atoms with Gasteiger partial charge in [-0.3, -0.25) is 9.48 Å². The Morgan fingerprint density at radius 2 is 1.95 bits per heavy atom. The van der Waals surface area contributed by atoms with Gasteiger partial charge in [-0.15, -0.1) is 0 Å². The van der Waals surface area contributed by atoms with E-state index in [0.717, 1.165) is 29.1 Å². The normalized spacial score (nSPS) is 10.7. The standard InChI is InChI=1S/C15H17F2N3O/c1-9-10(2)19-20(11(9)3)7-6-18-15(21)12-4-5-13(16)14(17)8-12/h4-5,8H,6-7H2,1-3H3,(H,18,21). The first-order valence-electron chi connectivity index (χ1n) is 6.64. The SMILES string of the molecule is Cc1nn(CCNC(=O)c2ccc(F)c(F)c2)c(C)c1C. The Labute approximate surface area is 121 Å². The van der Waals surface area contributed by atoms with E-state index in [1.807, 2.05) is 25.5 Å². The number of aromatic nitrogens is 2. The Balaban J connectivity index is 1.95. The Hall–Kier alpha value is -2.24. The Morgan fingerprint density at radius 3 is 2.52 bits per heavy atom. The van der Waals surface area contributed by atoms with E-state index in [1.165, 1.54) is 6.07 Å². The van der Waals surface area contributed by atoms with Crippen LogP contribution in [0.2, 0.25) is 0 Å². The van der Waals surface area contributed by atoms with Crippen molar-refractivity contribution in [2.24, 2.45) is 0 Å². The summed E-state index contributed by atoms with van der Waals surface area (Å²) in [6.07, 6.45) is 0. The van der Waals surface area contributed by atoms with Gasteiger partial charge < -0.3 is 5.32 Å². The first-order chi connectivity index (χ1) is 9.90. The third kappa shape index (κ3) is 3.26. The molecule has 0 saturated heterocycles. The average molecular weight is 293 g/mol. The summed E-state index contributed by atoms with van der Waals surface area (Å²) in [5, 5.41) is 7.02. The maximum atomic E-state index is 13.1. The van der Waals surface area contributed by atoms with Crippen LogP contribution in [-0.4, -0.2) is 22.2 Å². The van der Waals surface area contributed by atoms with E-state index in [2.05, 4.69) is 10.4 Å². The highest BCUT2D eigenvalue weighted by Crippen LogP contribution is 2.11. The molecule has 1 amide bonds. The number of benzene rings is 1. The molecular weight excluding hydrogens is 276 g/mol. The minimum Gasteiger partial charge on any atom is -0.350 e. The van der Waals surface area contributed by atoms with Crippen LogP contribution in [0.15, 0.2) is 18.2 Å². The molecule has 2 aromatic rings. The second-order valence-corrected chi connectivity index (χ2v) is 4.90. The maximum absolute atomic E-state index is 13.1. The maximum Gasteiger partial charge on any atom is 0.251 e. The second-order valence-electron chi connectivity index (χ2n) is 4.90. The molecule has 0 bridgehead atoms. The Morgan fingerprint density at radius 1 is 1.24 bits per heavy atom. The molecule has 1 heterocycles. The zero-order valence-electron chi connectivity index (χ0n) is 12.2. The Kier molecular flexibility index (Phi) is 4.35. The predicted octanol–water partition coefficient (Wildman–Crippen LogP) is 2.52. The predicted molar refractivity (Wildman–Crippen MR) is 75.1 cm³/mol. The third-order valence-electron chi connectivity index (χ3n) is 3.53. The first kappa shape index (κ1) is 15.2. The fourth-order valence-electron chi connectivity index (χ4n) is 2.02. The zero-order valence-corrected chi connectivity index (χ0v) is 12.2. The molecule has 0 fully saturated rings. The number of nitrogens with one attached hydrogen (secondary N) is 1. The summed E-state index contributed by atoms with van der Waals surface area (Å²) in [7, 11) is 0. The van der Waals surface area contributed by atoms with Crippen molar-refractivity contribution in [2.45, 2.75) is 27.3 Å². The molecule has 0 aliphatic heterocycles. The van der Waals surface area contributed by atoms with Crippen molar-refractivity contribution in [3.8, 4) is 0 Å². The minimum atomic E-state index is -1.03. The second kappa shape index (κ2) is 6.03. The van der Waals surface area contributed by atoms with Gasteiger partial charge >= 0.3 is 0 Å². The van der Waals surface area contributed by atoms with E-state index >= 15 is 0 Å². The van der Waals surface area contributed by atoms with E-state index in [1.54, 1.807) is 0 Å².